The number of nitrogens with one attached hydrogen (secondary N) is 2. The predicted octanol–water partition coefficient (Wildman–Crippen LogP) is 1.72. The second-order valence-corrected chi connectivity index (χ2v) is 12.3. The van der Waals surface area contributed by atoms with Crippen LogP contribution in [0.5, 0.6) is 0 Å². The second-order valence-electron chi connectivity index (χ2n) is 5.07. The molecule has 1 rings (SSSR count). The molecule has 2 atom stereocenters. The van der Waals surface area contributed by atoms with E-state index in [9.17, 15) is 0 Å². The molecule has 0 radical (unpaired) electrons. The fourth-order valence-electron chi connectivity index (χ4n) is 3.25. The zero-order valence-electron chi connectivity index (χ0n) is 10.2. The van der Waals surface area contributed by atoms with Crippen molar-refractivity contribution >= 4 is 16.2 Å². The van der Waals surface area contributed by atoms with E-state index >= 15 is 0 Å². The Labute approximate surface area is 94.3 Å². The van der Waals surface area contributed by atoms with E-state index in [1.165, 1.54) is 32.4 Å². The number of hydrogen-bond acceptors (Lipinski definition) is 2. The number of hydrogen-bond donors (Lipinski definition) is 2. The topological polar surface area (TPSA) is 24.1 Å². The molecule has 0 aromatic heterocycles. The summed E-state index contributed by atoms with van der Waals surface area (Å²) in [5, 5.41) is 6.82. The van der Waals surface area contributed by atoms with E-state index < -0.39 is 16.2 Å². The molecule has 82 valence electrons. The fourth-order valence-corrected chi connectivity index (χ4v) is 8.75. The van der Waals surface area contributed by atoms with Crippen LogP contribution in [0, 0.1) is 5.92 Å². The molecule has 0 saturated heterocycles. The Morgan fingerprint density at radius 3 is 2.50 bits per heavy atom. The van der Waals surface area contributed by atoms with E-state index in [-0.39, 0.29) is 0 Å². The molecular formula is C11H25GaN2. The molecule has 0 aromatic rings. The van der Waals surface area contributed by atoms with Gasteiger partial charge < -0.3 is 0 Å². The molecule has 0 bridgehead atoms. The molecule has 14 heavy (non-hydrogen) atoms. The van der Waals surface area contributed by atoms with E-state index in [1.54, 1.807) is 0 Å². The van der Waals surface area contributed by atoms with Crippen LogP contribution in [0.2, 0.25) is 14.9 Å². The molecule has 0 aromatic carbocycles. The van der Waals surface area contributed by atoms with Gasteiger partial charge in [-0.3, -0.25) is 0 Å². The van der Waals surface area contributed by atoms with Crippen LogP contribution in [0.25, 0.3) is 0 Å². The minimum atomic E-state index is -1.04. The Bertz CT molecular complexity index is 173. The summed E-state index contributed by atoms with van der Waals surface area (Å²) in [7, 11) is 4.21. The first-order chi connectivity index (χ1) is 6.67. The summed E-state index contributed by atoms with van der Waals surface area (Å²) in [6.07, 6.45) is 4.39. The molecule has 1 aliphatic carbocycles. The second kappa shape index (κ2) is 5.59. The van der Waals surface area contributed by atoms with Crippen molar-refractivity contribution in [1.82, 2.24) is 10.6 Å². The fraction of sp³-hybridized carbons (Fsp3) is 1.00. The van der Waals surface area contributed by atoms with Gasteiger partial charge >= 0.3 is 94.1 Å². The van der Waals surface area contributed by atoms with Gasteiger partial charge in [-0.1, -0.05) is 0 Å². The maximum atomic E-state index is 3.44. The zero-order chi connectivity index (χ0) is 10.6. The van der Waals surface area contributed by atoms with E-state index in [0.29, 0.717) is 0 Å². The van der Waals surface area contributed by atoms with Crippen molar-refractivity contribution in [3.8, 4) is 0 Å². The normalized spacial score (nSPS) is 32.1. The monoisotopic (exact) mass is 254 g/mol. The van der Waals surface area contributed by atoms with E-state index in [4.69, 9.17) is 0 Å². The third-order valence-electron chi connectivity index (χ3n) is 4.11. The van der Waals surface area contributed by atoms with Gasteiger partial charge in [0.15, 0.2) is 0 Å². The quantitative estimate of drug-likeness (QED) is 0.731. The third-order valence-corrected chi connectivity index (χ3v) is 11.0. The molecule has 2 nitrogen and oxygen atoms in total. The molecule has 1 saturated carbocycles. The van der Waals surface area contributed by atoms with Crippen LogP contribution in [-0.4, -0.2) is 43.4 Å². The standard InChI is InChI=1S/C9H19N2.2CH3.Ga/c1-10-6-8-4-3-5-9(8)7-11-2;;;/h8,10-11H,3-7H2,1-2H3;2*1H3;. The average Bonchev–Trinajstić information content (AvgIpc) is 2.51. The Balaban J connectivity index is 2.72. The summed E-state index contributed by atoms with van der Waals surface area (Å²) < 4.78 is 0.727. The van der Waals surface area contributed by atoms with E-state index in [1.807, 2.05) is 0 Å². The number of rotatable bonds is 5. The van der Waals surface area contributed by atoms with Crippen molar-refractivity contribution in [1.29, 1.82) is 0 Å². The molecule has 2 unspecified atom stereocenters. The Hall–Kier alpha value is 0.556. The predicted molar refractivity (Wildman–Crippen MR) is 65.4 cm³/mol. The summed E-state index contributed by atoms with van der Waals surface area (Å²) in [6, 6.07) is 0. The van der Waals surface area contributed by atoms with Crippen LogP contribution in [-0.2, 0) is 0 Å². The first kappa shape index (κ1) is 12.6. The van der Waals surface area contributed by atoms with Gasteiger partial charge in [-0.2, -0.15) is 0 Å². The summed E-state index contributed by atoms with van der Waals surface area (Å²) in [5.74, 6) is 0.944. The van der Waals surface area contributed by atoms with Gasteiger partial charge in [-0.15, -0.1) is 0 Å². The van der Waals surface area contributed by atoms with Crippen LogP contribution in [0.1, 0.15) is 19.3 Å². The van der Waals surface area contributed by atoms with Gasteiger partial charge in [-0.25, -0.2) is 0 Å². The van der Waals surface area contributed by atoms with Crippen molar-refractivity contribution in [2.24, 2.45) is 5.92 Å². The van der Waals surface area contributed by atoms with Gasteiger partial charge in [0.2, 0.25) is 0 Å². The zero-order valence-corrected chi connectivity index (χ0v) is 12.6. The van der Waals surface area contributed by atoms with Crippen LogP contribution in [0.4, 0.5) is 0 Å². The molecular weight excluding hydrogens is 230 g/mol. The van der Waals surface area contributed by atoms with Crippen LogP contribution in [0.15, 0.2) is 0 Å². The third kappa shape index (κ3) is 2.38. The van der Waals surface area contributed by atoms with Crippen molar-refractivity contribution in [3.05, 3.63) is 0 Å². The van der Waals surface area contributed by atoms with Crippen LogP contribution in [0.3, 0.4) is 0 Å². The summed E-state index contributed by atoms with van der Waals surface area (Å²) in [4.78, 5) is 0. The Morgan fingerprint density at radius 1 is 1.29 bits per heavy atom. The van der Waals surface area contributed by atoms with Crippen molar-refractivity contribution < 1.29 is 0 Å². The average molecular weight is 255 g/mol. The van der Waals surface area contributed by atoms with Gasteiger partial charge in [0.1, 0.15) is 0 Å². The van der Waals surface area contributed by atoms with Gasteiger partial charge in [0.25, 0.3) is 0 Å². The molecule has 1 aliphatic rings. The molecule has 3 heteroatoms. The first-order valence-corrected chi connectivity index (χ1v) is 12.0. The van der Waals surface area contributed by atoms with Crippen molar-refractivity contribution in [2.45, 2.75) is 34.2 Å². The summed E-state index contributed by atoms with van der Waals surface area (Å²) in [5.41, 5.74) is 5.14. The SMILES string of the molecule is CNCC1CCC[C]1(CNC)[Ga]([CH3])[CH3]. The maximum absolute atomic E-state index is 3.44. The molecule has 0 aliphatic heterocycles. The first-order valence-electron chi connectivity index (χ1n) is 5.96. The Kier molecular flexibility index (Phi) is 5.04. The van der Waals surface area contributed by atoms with Crippen LogP contribution >= 0.6 is 0 Å². The molecule has 2 N–H and O–H groups in total. The van der Waals surface area contributed by atoms with Gasteiger partial charge in [0.05, 0.1) is 0 Å². The van der Waals surface area contributed by atoms with Gasteiger partial charge in [0, 0.05) is 0 Å². The molecule has 0 heterocycles. The van der Waals surface area contributed by atoms with Crippen molar-refractivity contribution in [3.63, 3.8) is 0 Å². The summed E-state index contributed by atoms with van der Waals surface area (Å²) >= 11 is -1.04. The minimum absolute atomic E-state index is 0.727. The van der Waals surface area contributed by atoms with E-state index in [0.717, 1.165) is 9.89 Å². The van der Waals surface area contributed by atoms with Crippen molar-refractivity contribution in [2.75, 3.05) is 27.2 Å². The summed E-state index contributed by atoms with van der Waals surface area (Å²) in [6.45, 7) is 2.49. The molecule has 0 amide bonds. The Morgan fingerprint density at radius 2 is 2.00 bits per heavy atom. The van der Waals surface area contributed by atoms with E-state index in [2.05, 4.69) is 35.7 Å². The molecule has 1 fully saturated rings. The van der Waals surface area contributed by atoms with Gasteiger partial charge in [-0.05, 0) is 0 Å². The van der Waals surface area contributed by atoms with Crippen LogP contribution < -0.4 is 10.6 Å². The molecule has 0 spiro atoms.